The molecule has 1 N–H and O–H groups in total. The second-order valence-electron chi connectivity index (χ2n) is 7.94. The average molecular weight is 458 g/mol. The smallest absolute Gasteiger partial charge is 0.582 e. The van der Waals surface area contributed by atoms with E-state index >= 15 is 0 Å². The molecular formula is C19H22BCl2NO7. The molecule has 0 aromatic heterocycles. The number of hydrogen-bond acceptors (Lipinski definition) is 6. The Hall–Kier alpha value is -2.10. The highest BCUT2D eigenvalue weighted by molar-refractivity contribution is 6.69. The third kappa shape index (κ3) is 4.79. The van der Waals surface area contributed by atoms with E-state index in [2.05, 4.69) is 9.60 Å². The van der Waals surface area contributed by atoms with E-state index in [1.165, 1.54) is 12.1 Å². The van der Waals surface area contributed by atoms with E-state index in [0.717, 1.165) is 0 Å². The predicted octanol–water partition coefficient (Wildman–Crippen LogP) is 2.70. The van der Waals surface area contributed by atoms with Crippen molar-refractivity contribution in [1.82, 2.24) is 5.32 Å². The molecule has 3 rings (SSSR count). The van der Waals surface area contributed by atoms with Crippen molar-refractivity contribution in [2.75, 3.05) is 19.8 Å². The van der Waals surface area contributed by atoms with E-state index in [0.29, 0.717) is 11.4 Å². The maximum absolute atomic E-state index is 12.7. The number of rotatable bonds is 8. The van der Waals surface area contributed by atoms with Crippen LogP contribution in [0.15, 0.2) is 18.2 Å². The highest BCUT2D eigenvalue weighted by atomic mass is 35.5. The van der Waals surface area contributed by atoms with Crippen LogP contribution in [0.2, 0.25) is 15.9 Å². The van der Waals surface area contributed by atoms with Crippen molar-refractivity contribution in [3.05, 3.63) is 33.8 Å². The van der Waals surface area contributed by atoms with Crippen molar-refractivity contribution in [2.45, 2.75) is 32.5 Å². The Kier molecular flexibility index (Phi) is 6.74. The summed E-state index contributed by atoms with van der Waals surface area (Å²) in [5, 5.41) is 3.09. The minimum Gasteiger partial charge on any atom is -0.582 e. The molecule has 2 saturated heterocycles. The van der Waals surface area contributed by atoms with Gasteiger partial charge in [-0.25, -0.2) is 9.59 Å². The first-order chi connectivity index (χ1) is 14.1. The number of carbonyl (C=O) groups excluding carboxylic acids is 4. The molecule has 0 saturated carbocycles. The molecule has 1 aromatic rings. The number of ketones is 1. The number of nitrogens with one attached hydrogen (secondary N) is 1. The number of hydrogen-bond donors (Lipinski definition) is 1. The Morgan fingerprint density at radius 2 is 1.80 bits per heavy atom. The van der Waals surface area contributed by atoms with Gasteiger partial charge in [-0.3, -0.25) is 9.59 Å². The lowest BCUT2D eigenvalue weighted by Crippen LogP contribution is -2.49. The number of amides is 1. The van der Waals surface area contributed by atoms with Crippen molar-refractivity contribution in [2.24, 2.45) is 5.92 Å². The highest BCUT2D eigenvalue weighted by Crippen LogP contribution is 2.44. The molecule has 1 aromatic carbocycles. The van der Waals surface area contributed by atoms with Gasteiger partial charge in [0.1, 0.15) is 5.78 Å². The zero-order chi connectivity index (χ0) is 22.1. The predicted molar refractivity (Wildman–Crippen MR) is 110 cm³/mol. The third-order valence-electron chi connectivity index (χ3n) is 5.12. The van der Waals surface area contributed by atoms with Gasteiger partial charge < -0.3 is 18.9 Å². The molecule has 0 bridgehead atoms. The SMILES string of the molecule is CC(C)C[C@H](CC(=O)CNC(=O)c1cc(Cl)ccc1Cl)[B-]12OC(=O)C[O+]1CC(=O)O2. The third-order valence-corrected chi connectivity index (χ3v) is 5.69. The van der Waals surface area contributed by atoms with Crippen LogP contribution in [0.5, 0.6) is 0 Å². The van der Waals surface area contributed by atoms with E-state index in [1.807, 2.05) is 13.8 Å². The zero-order valence-electron chi connectivity index (χ0n) is 16.6. The van der Waals surface area contributed by atoms with Crippen LogP contribution in [-0.2, 0) is 28.0 Å². The molecule has 0 radical (unpaired) electrons. The van der Waals surface area contributed by atoms with Crippen LogP contribution in [0.3, 0.4) is 0 Å². The summed E-state index contributed by atoms with van der Waals surface area (Å²) in [7, 11) is 0. The van der Waals surface area contributed by atoms with Crippen molar-refractivity contribution in [3.8, 4) is 0 Å². The Bertz CT molecular complexity index is 872. The monoisotopic (exact) mass is 457 g/mol. The lowest BCUT2D eigenvalue weighted by atomic mass is 9.58. The molecule has 0 spiro atoms. The molecule has 8 nitrogen and oxygen atoms in total. The van der Waals surface area contributed by atoms with Crippen molar-refractivity contribution >= 4 is 53.6 Å². The quantitative estimate of drug-likeness (QED) is 0.475. The fourth-order valence-corrected chi connectivity index (χ4v) is 4.33. The van der Waals surface area contributed by atoms with Gasteiger partial charge in [-0.2, -0.15) is 0 Å². The van der Waals surface area contributed by atoms with Gasteiger partial charge in [0.05, 0.1) is 17.1 Å². The summed E-state index contributed by atoms with van der Waals surface area (Å²) in [6.45, 7) is 0.949. The average Bonchev–Trinajstić information content (AvgIpc) is 3.12. The molecule has 162 valence electrons. The van der Waals surface area contributed by atoms with Crippen LogP contribution >= 0.6 is 23.2 Å². The molecule has 2 aliphatic rings. The molecule has 0 aliphatic carbocycles. The number of halogens is 2. The molecule has 30 heavy (non-hydrogen) atoms. The van der Waals surface area contributed by atoms with E-state index in [9.17, 15) is 19.2 Å². The first kappa shape index (κ1) is 22.6. The highest BCUT2D eigenvalue weighted by Gasteiger charge is 2.66. The molecule has 1 atom stereocenters. The van der Waals surface area contributed by atoms with Crippen LogP contribution in [0.1, 0.15) is 37.0 Å². The van der Waals surface area contributed by atoms with Crippen molar-refractivity contribution < 1.29 is 32.8 Å². The van der Waals surface area contributed by atoms with Gasteiger partial charge in [-0.05, 0) is 30.5 Å². The lowest BCUT2D eigenvalue weighted by molar-refractivity contribution is -0.141. The number of fused-ring (bicyclic) bond motifs is 1. The van der Waals surface area contributed by atoms with Crippen molar-refractivity contribution in [3.63, 3.8) is 0 Å². The molecule has 1 amide bonds. The van der Waals surface area contributed by atoms with E-state index in [1.54, 1.807) is 6.07 Å². The maximum Gasteiger partial charge on any atom is 0.688 e. The largest absolute Gasteiger partial charge is 0.688 e. The Morgan fingerprint density at radius 3 is 2.40 bits per heavy atom. The summed E-state index contributed by atoms with van der Waals surface area (Å²) in [6, 6.07) is 4.46. The van der Waals surface area contributed by atoms with Gasteiger partial charge >= 0.3 is 18.7 Å². The first-order valence-electron chi connectivity index (χ1n) is 9.61. The molecule has 11 heteroatoms. The van der Waals surface area contributed by atoms with Crippen LogP contribution in [-0.4, -0.2) is 50.1 Å². The maximum atomic E-state index is 12.7. The molecule has 2 fully saturated rings. The number of Topliss-reactive ketones (excluding diaryl/α,β-unsaturated/α-hetero) is 1. The lowest BCUT2D eigenvalue weighted by Gasteiger charge is -2.35. The number of benzene rings is 1. The van der Waals surface area contributed by atoms with Gasteiger partial charge in [-0.15, -0.1) is 0 Å². The Balaban J connectivity index is 1.69. The molecule has 0 unspecified atom stereocenters. The minimum absolute atomic E-state index is 0.0359. The summed E-state index contributed by atoms with van der Waals surface area (Å²) in [5.41, 5.74) is 0.162. The standard InChI is InChI=1S/C19H22BCl2NO7/c1-11(2)5-12(20-28-17(25)9-30(20)10-18(26)29-20)6-14(24)8-23-19(27)15-7-13(21)3-4-16(15)22/h3-4,7,11-12H,5-6,8-10H2,1-2H3,(H,23,27)/t12-/m1/s1. The van der Waals surface area contributed by atoms with Gasteiger partial charge in [0, 0.05) is 10.8 Å². The van der Waals surface area contributed by atoms with Crippen LogP contribution in [0, 0.1) is 5.92 Å². The normalized spacial score (nSPS) is 18.7. The van der Waals surface area contributed by atoms with Gasteiger partial charge in [0.2, 0.25) is 0 Å². The zero-order valence-corrected chi connectivity index (χ0v) is 18.1. The summed E-state index contributed by atoms with van der Waals surface area (Å²) < 4.78 is 13.4. The van der Waals surface area contributed by atoms with Crippen LogP contribution in [0.25, 0.3) is 0 Å². The van der Waals surface area contributed by atoms with E-state index in [4.69, 9.17) is 32.5 Å². The first-order valence-corrected chi connectivity index (χ1v) is 10.4. The molecule has 2 heterocycles. The van der Waals surface area contributed by atoms with E-state index < -0.39 is 30.4 Å². The van der Waals surface area contributed by atoms with Gasteiger partial charge in [-0.1, -0.05) is 43.5 Å². The Morgan fingerprint density at radius 1 is 1.17 bits per heavy atom. The fourth-order valence-electron chi connectivity index (χ4n) is 3.96. The minimum atomic E-state index is -2.45. The topological polar surface area (TPSA) is 101 Å². The van der Waals surface area contributed by atoms with Crippen molar-refractivity contribution in [1.29, 1.82) is 0 Å². The van der Waals surface area contributed by atoms with E-state index in [-0.39, 0.29) is 48.5 Å². The second kappa shape index (κ2) is 8.95. The van der Waals surface area contributed by atoms with Gasteiger partial charge in [0.25, 0.3) is 5.91 Å². The number of carbonyl (C=O) groups is 4. The fraction of sp³-hybridized carbons (Fsp3) is 0.474. The van der Waals surface area contributed by atoms with Crippen LogP contribution < -0.4 is 5.32 Å². The van der Waals surface area contributed by atoms with Crippen LogP contribution in [0.4, 0.5) is 0 Å². The molecule has 2 aliphatic heterocycles. The summed E-state index contributed by atoms with van der Waals surface area (Å²) in [6.07, 6.45) is 0.454. The summed E-state index contributed by atoms with van der Waals surface area (Å²) >= 11 is 11.9. The Labute approximate surface area is 183 Å². The summed E-state index contributed by atoms with van der Waals surface area (Å²) in [4.78, 5) is 48.7. The second-order valence-corrected chi connectivity index (χ2v) is 8.79. The van der Waals surface area contributed by atoms with Gasteiger partial charge in [0.15, 0.2) is 13.2 Å². The molecular weight excluding hydrogens is 436 g/mol. The summed E-state index contributed by atoms with van der Waals surface area (Å²) in [5.74, 6) is -2.24.